The van der Waals surface area contributed by atoms with Crippen molar-refractivity contribution in [3.05, 3.63) is 0 Å². The predicted molar refractivity (Wildman–Crippen MR) is 50.5 cm³/mol. The van der Waals surface area contributed by atoms with Gasteiger partial charge in [0.25, 0.3) is 0 Å². The maximum absolute atomic E-state index is 5.72. The normalized spacial score (nSPS) is 39.2. The second-order valence-corrected chi connectivity index (χ2v) is 4.74. The van der Waals surface area contributed by atoms with E-state index in [2.05, 4.69) is 19.2 Å². The van der Waals surface area contributed by atoms with Gasteiger partial charge < -0.3 is 9.47 Å². The van der Waals surface area contributed by atoms with Crippen LogP contribution in [-0.4, -0.2) is 31.6 Å². The maximum Gasteiger partial charge on any atom is 0.113 e. The predicted octanol–water partition coefficient (Wildman–Crippen LogP) is 1.14. The lowest BCUT2D eigenvalue weighted by Crippen LogP contribution is -2.44. The molecule has 2 unspecified atom stereocenters. The van der Waals surface area contributed by atoms with Crippen molar-refractivity contribution in [1.82, 2.24) is 5.32 Å². The second-order valence-electron chi connectivity index (χ2n) is 4.74. The molecule has 0 aromatic rings. The van der Waals surface area contributed by atoms with Crippen LogP contribution >= 0.6 is 0 Å². The summed E-state index contributed by atoms with van der Waals surface area (Å²) in [4.78, 5) is 0. The molecule has 3 heteroatoms. The smallest absolute Gasteiger partial charge is 0.113 e. The van der Waals surface area contributed by atoms with E-state index in [1.54, 1.807) is 0 Å². The van der Waals surface area contributed by atoms with Gasteiger partial charge in [0.15, 0.2) is 0 Å². The lowest BCUT2D eigenvalue weighted by molar-refractivity contribution is -0.0278. The first-order chi connectivity index (χ1) is 6.17. The SMILES string of the molecule is CC1(C)COC(C2CCCOC2)N1. The molecule has 13 heavy (non-hydrogen) atoms. The highest BCUT2D eigenvalue weighted by molar-refractivity contribution is 4.88. The lowest BCUT2D eigenvalue weighted by Gasteiger charge is -2.28. The Balaban J connectivity index is 1.87. The van der Waals surface area contributed by atoms with Crippen LogP contribution in [0.2, 0.25) is 0 Å². The minimum absolute atomic E-state index is 0.141. The number of ether oxygens (including phenoxy) is 2. The first kappa shape index (κ1) is 9.44. The first-order valence-electron chi connectivity index (χ1n) is 5.14. The van der Waals surface area contributed by atoms with E-state index in [9.17, 15) is 0 Å². The Morgan fingerprint density at radius 1 is 1.38 bits per heavy atom. The Kier molecular flexibility index (Phi) is 2.58. The Labute approximate surface area is 79.8 Å². The molecule has 0 aromatic heterocycles. The van der Waals surface area contributed by atoms with E-state index in [-0.39, 0.29) is 11.8 Å². The average molecular weight is 185 g/mol. The zero-order valence-electron chi connectivity index (χ0n) is 8.51. The Hall–Kier alpha value is -0.120. The zero-order chi connectivity index (χ0) is 9.31. The van der Waals surface area contributed by atoms with Crippen molar-refractivity contribution in [3.8, 4) is 0 Å². The van der Waals surface area contributed by atoms with Gasteiger partial charge in [0.2, 0.25) is 0 Å². The fourth-order valence-electron chi connectivity index (χ4n) is 2.02. The van der Waals surface area contributed by atoms with E-state index >= 15 is 0 Å². The molecular formula is C10H19NO2. The van der Waals surface area contributed by atoms with Crippen molar-refractivity contribution in [2.24, 2.45) is 5.92 Å². The highest BCUT2D eigenvalue weighted by Gasteiger charge is 2.36. The highest BCUT2D eigenvalue weighted by atomic mass is 16.5. The van der Waals surface area contributed by atoms with Gasteiger partial charge >= 0.3 is 0 Å². The molecular weight excluding hydrogens is 166 g/mol. The van der Waals surface area contributed by atoms with Crippen LogP contribution in [0.3, 0.4) is 0 Å². The molecule has 2 aliphatic rings. The highest BCUT2D eigenvalue weighted by Crippen LogP contribution is 2.24. The quantitative estimate of drug-likeness (QED) is 0.664. The van der Waals surface area contributed by atoms with Crippen LogP contribution in [0.25, 0.3) is 0 Å². The fraction of sp³-hybridized carbons (Fsp3) is 1.00. The Morgan fingerprint density at radius 2 is 2.23 bits per heavy atom. The number of nitrogens with one attached hydrogen (secondary N) is 1. The summed E-state index contributed by atoms with van der Waals surface area (Å²) < 4.78 is 11.2. The van der Waals surface area contributed by atoms with Crippen LogP contribution in [0.4, 0.5) is 0 Å². The molecule has 0 saturated carbocycles. The lowest BCUT2D eigenvalue weighted by atomic mass is 9.99. The van der Waals surface area contributed by atoms with Gasteiger partial charge in [-0.1, -0.05) is 0 Å². The number of hydrogen-bond acceptors (Lipinski definition) is 3. The Morgan fingerprint density at radius 3 is 2.77 bits per heavy atom. The van der Waals surface area contributed by atoms with Crippen LogP contribution in [0, 0.1) is 5.92 Å². The van der Waals surface area contributed by atoms with Gasteiger partial charge in [-0.15, -0.1) is 0 Å². The summed E-state index contributed by atoms with van der Waals surface area (Å²) in [7, 11) is 0. The molecule has 0 radical (unpaired) electrons. The summed E-state index contributed by atoms with van der Waals surface area (Å²) in [5.41, 5.74) is 0.141. The second kappa shape index (κ2) is 3.56. The minimum Gasteiger partial charge on any atom is -0.381 e. The van der Waals surface area contributed by atoms with Crippen LogP contribution in [0.5, 0.6) is 0 Å². The van der Waals surface area contributed by atoms with Crippen molar-refractivity contribution in [2.45, 2.75) is 38.5 Å². The molecule has 0 bridgehead atoms. The summed E-state index contributed by atoms with van der Waals surface area (Å²) in [5, 5.41) is 3.50. The zero-order valence-corrected chi connectivity index (χ0v) is 8.51. The molecule has 1 N–H and O–H groups in total. The molecule has 0 aromatic carbocycles. The maximum atomic E-state index is 5.72. The van der Waals surface area contributed by atoms with Crippen molar-refractivity contribution >= 4 is 0 Å². The summed E-state index contributed by atoms with van der Waals surface area (Å²) in [5.74, 6) is 0.551. The van der Waals surface area contributed by atoms with E-state index in [0.29, 0.717) is 5.92 Å². The van der Waals surface area contributed by atoms with Gasteiger partial charge in [-0.25, -0.2) is 0 Å². The van der Waals surface area contributed by atoms with Gasteiger partial charge in [0, 0.05) is 18.1 Å². The number of hydrogen-bond donors (Lipinski definition) is 1. The third-order valence-corrected chi connectivity index (χ3v) is 2.78. The van der Waals surface area contributed by atoms with Crippen LogP contribution in [0.15, 0.2) is 0 Å². The molecule has 0 spiro atoms. The standard InChI is InChI=1S/C10H19NO2/c1-10(2)7-13-9(11-10)8-4-3-5-12-6-8/h8-9,11H,3-7H2,1-2H3. The topological polar surface area (TPSA) is 30.5 Å². The molecule has 2 rings (SSSR count). The fourth-order valence-corrected chi connectivity index (χ4v) is 2.02. The molecule has 76 valence electrons. The summed E-state index contributed by atoms with van der Waals surface area (Å²) >= 11 is 0. The summed E-state index contributed by atoms with van der Waals surface area (Å²) in [6, 6.07) is 0. The van der Waals surface area contributed by atoms with Gasteiger partial charge in [0.05, 0.1) is 13.2 Å². The van der Waals surface area contributed by atoms with E-state index in [0.717, 1.165) is 19.8 Å². The third-order valence-electron chi connectivity index (χ3n) is 2.78. The van der Waals surface area contributed by atoms with E-state index < -0.39 is 0 Å². The van der Waals surface area contributed by atoms with Gasteiger partial charge in [-0.3, -0.25) is 5.32 Å². The summed E-state index contributed by atoms with van der Waals surface area (Å²) in [6.07, 6.45) is 2.62. The molecule has 2 heterocycles. The molecule has 2 aliphatic heterocycles. The first-order valence-corrected chi connectivity index (χ1v) is 5.14. The molecule has 0 aliphatic carbocycles. The van der Waals surface area contributed by atoms with E-state index in [1.807, 2.05) is 0 Å². The van der Waals surface area contributed by atoms with Gasteiger partial charge in [0.1, 0.15) is 6.23 Å². The van der Waals surface area contributed by atoms with Crippen molar-refractivity contribution in [2.75, 3.05) is 19.8 Å². The Bertz CT molecular complexity index is 176. The number of rotatable bonds is 1. The third kappa shape index (κ3) is 2.22. The summed E-state index contributed by atoms with van der Waals surface area (Å²) in [6.45, 7) is 6.95. The van der Waals surface area contributed by atoms with Gasteiger partial charge in [-0.05, 0) is 26.7 Å². The minimum atomic E-state index is 0.141. The van der Waals surface area contributed by atoms with Gasteiger partial charge in [-0.2, -0.15) is 0 Å². The molecule has 2 saturated heterocycles. The van der Waals surface area contributed by atoms with E-state index in [1.165, 1.54) is 12.8 Å². The van der Waals surface area contributed by atoms with Crippen molar-refractivity contribution in [3.63, 3.8) is 0 Å². The monoisotopic (exact) mass is 185 g/mol. The van der Waals surface area contributed by atoms with Crippen LogP contribution in [-0.2, 0) is 9.47 Å². The van der Waals surface area contributed by atoms with Crippen LogP contribution < -0.4 is 5.32 Å². The average Bonchev–Trinajstić information content (AvgIpc) is 2.48. The van der Waals surface area contributed by atoms with Crippen LogP contribution in [0.1, 0.15) is 26.7 Å². The largest absolute Gasteiger partial charge is 0.381 e. The molecule has 3 nitrogen and oxygen atoms in total. The van der Waals surface area contributed by atoms with E-state index in [4.69, 9.17) is 9.47 Å². The molecule has 2 atom stereocenters. The molecule has 0 amide bonds. The van der Waals surface area contributed by atoms with Crippen molar-refractivity contribution < 1.29 is 9.47 Å². The molecule has 2 fully saturated rings. The van der Waals surface area contributed by atoms with Crippen molar-refractivity contribution in [1.29, 1.82) is 0 Å².